The SMILES string of the molecule is C/C=C(/CC[C@@H](C)[C@H]1CC[C@H]2C3CC[C@H]4C[C@@H](O)CC[C@]4(C)[C@H]3CC[C@]12C)C(C)C. The van der Waals surface area contributed by atoms with Crippen molar-refractivity contribution in [3.05, 3.63) is 11.6 Å². The third-order valence-electron chi connectivity index (χ3n) is 11.4. The van der Waals surface area contributed by atoms with Crippen LogP contribution < -0.4 is 0 Å². The molecular weight excluding hydrogens is 364 g/mol. The molecule has 0 spiro atoms. The number of hydrogen-bond acceptors (Lipinski definition) is 1. The summed E-state index contributed by atoms with van der Waals surface area (Å²) in [6.07, 6.45) is 17.2. The monoisotopic (exact) mass is 414 g/mol. The van der Waals surface area contributed by atoms with Crippen molar-refractivity contribution in [1.82, 2.24) is 0 Å². The van der Waals surface area contributed by atoms with E-state index in [1.165, 1.54) is 57.8 Å². The summed E-state index contributed by atoms with van der Waals surface area (Å²) in [6, 6.07) is 0. The van der Waals surface area contributed by atoms with Crippen LogP contribution in [0.2, 0.25) is 0 Å². The van der Waals surface area contributed by atoms with E-state index in [1.54, 1.807) is 5.57 Å². The lowest BCUT2D eigenvalue weighted by Crippen LogP contribution is -2.54. The topological polar surface area (TPSA) is 20.2 Å². The molecule has 0 heterocycles. The van der Waals surface area contributed by atoms with E-state index in [4.69, 9.17) is 0 Å². The first-order chi connectivity index (χ1) is 14.2. The summed E-state index contributed by atoms with van der Waals surface area (Å²) in [7, 11) is 0. The average molecular weight is 415 g/mol. The third kappa shape index (κ3) is 3.74. The molecule has 4 rings (SSSR count). The van der Waals surface area contributed by atoms with Gasteiger partial charge >= 0.3 is 0 Å². The van der Waals surface area contributed by atoms with E-state index < -0.39 is 0 Å². The highest BCUT2D eigenvalue weighted by molar-refractivity contribution is 5.10. The van der Waals surface area contributed by atoms with Gasteiger partial charge in [0.1, 0.15) is 0 Å². The molecule has 30 heavy (non-hydrogen) atoms. The highest BCUT2D eigenvalue weighted by Gasteiger charge is 2.60. The second kappa shape index (κ2) is 8.57. The zero-order valence-electron chi connectivity index (χ0n) is 20.9. The van der Waals surface area contributed by atoms with Crippen molar-refractivity contribution >= 4 is 0 Å². The Labute approximate surface area is 187 Å². The number of fused-ring (bicyclic) bond motifs is 5. The molecular formula is C29H50O. The zero-order valence-corrected chi connectivity index (χ0v) is 20.9. The van der Waals surface area contributed by atoms with Gasteiger partial charge in [0.2, 0.25) is 0 Å². The Kier molecular flexibility index (Phi) is 6.53. The van der Waals surface area contributed by atoms with Gasteiger partial charge in [0.15, 0.2) is 0 Å². The second-order valence-electron chi connectivity index (χ2n) is 12.8. The molecule has 0 saturated heterocycles. The molecule has 0 aromatic heterocycles. The van der Waals surface area contributed by atoms with Gasteiger partial charge in [-0.05, 0) is 130 Å². The summed E-state index contributed by atoms with van der Waals surface area (Å²) >= 11 is 0. The largest absolute Gasteiger partial charge is 0.393 e. The standard InChI is InChI=1S/C29H50O/c1-7-21(19(2)3)9-8-20(4)25-12-13-26-24-11-10-22-18-23(30)14-16-28(22,5)27(24)15-17-29(25,26)6/h7,19-20,22-27,30H,8-18H2,1-6H3/b21-7-/t20-,22+,23+,24?,25-,26+,27+,28+,29-/m1/s1. The number of hydrogen-bond donors (Lipinski definition) is 1. The van der Waals surface area contributed by atoms with Gasteiger partial charge in [0.25, 0.3) is 0 Å². The molecule has 4 fully saturated rings. The van der Waals surface area contributed by atoms with Gasteiger partial charge in [0, 0.05) is 0 Å². The van der Waals surface area contributed by atoms with Gasteiger partial charge in [-0.3, -0.25) is 0 Å². The minimum absolute atomic E-state index is 0.0157. The summed E-state index contributed by atoms with van der Waals surface area (Å²) in [4.78, 5) is 0. The molecule has 4 aliphatic rings. The lowest BCUT2D eigenvalue weighted by Gasteiger charge is -2.61. The van der Waals surface area contributed by atoms with Gasteiger partial charge in [0.05, 0.1) is 6.10 Å². The molecule has 0 aliphatic heterocycles. The Balaban J connectivity index is 1.46. The lowest BCUT2D eigenvalue weighted by molar-refractivity contribution is -0.129. The van der Waals surface area contributed by atoms with Crippen molar-refractivity contribution in [3.8, 4) is 0 Å². The Morgan fingerprint density at radius 3 is 2.33 bits per heavy atom. The molecule has 4 aliphatic carbocycles. The molecule has 0 aromatic rings. The van der Waals surface area contributed by atoms with E-state index >= 15 is 0 Å². The zero-order chi connectivity index (χ0) is 21.7. The lowest BCUT2D eigenvalue weighted by atomic mass is 9.44. The van der Waals surface area contributed by atoms with Crippen LogP contribution >= 0.6 is 0 Å². The van der Waals surface area contributed by atoms with Gasteiger partial charge in [-0.25, -0.2) is 0 Å². The van der Waals surface area contributed by atoms with Crippen molar-refractivity contribution in [2.24, 2.45) is 52.3 Å². The van der Waals surface area contributed by atoms with Crippen LogP contribution in [0.25, 0.3) is 0 Å². The summed E-state index contributed by atoms with van der Waals surface area (Å²) in [5, 5.41) is 10.3. The molecule has 4 saturated carbocycles. The molecule has 0 radical (unpaired) electrons. The minimum atomic E-state index is -0.0157. The van der Waals surface area contributed by atoms with Crippen LogP contribution in [0.3, 0.4) is 0 Å². The summed E-state index contributed by atoms with van der Waals surface area (Å²) in [5.74, 6) is 6.17. The van der Waals surface area contributed by atoms with Crippen LogP contribution in [0, 0.1) is 52.3 Å². The first-order valence-corrected chi connectivity index (χ1v) is 13.5. The fourth-order valence-electron chi connectivity index (χ4n) is 9.57. The molecule has 0 amide bonds. The van der Waals surface area contributed by atoms with Crippen molar-refractivity contribution < 1.29 is 5.11 Å². The Hall–Kier alpha value is -0.300. The van der Waals surface area contributed by atoms with Crippen LogP contribution in [0.15, 0.2) is 11.6 Å². The molecule has 0 bridgehead atoms. The number of allylic oxidation sites excluding steroid dienone is 2. The quantitative estimate of drug-likeness (QED) is 0.451. The number of rotatable bonds is 5. The van der Waals surface area contributed by atoms with E-state index in [2.05, 4.69) is 47.6 Å². The highest BCUT2D eigenvalue weighted by atomic mass is 16.3. The highest BCUT2D eigenvalue weighted by Crippen LogP contribution is 2.68. The maximum Gasteiger partial charge on any atom is 0.0543 e. The van der Waals surface area contributed by atoms with Gasteiger partial charge in [-0.1, -0.05) is 46.3 Å². The Morgan fingerprint density at radius 2 is 1.63 bits per heavy atom. The summed E-state index contributed by atoms with van der Waals surface area (Å²) < 4.78 is 0. The smallest absolute Gasteiger partial charge is 0.0543 e. The fraction of sp³-hybridized carbons (Fsp3) is 0.931. The van der Waals surface area contributed by atoms with E-state index in [-0.39, 0.29) is 6.10 Å². The van der Waals surface area contributed by atoms with Gasteiger partial charge < -0.3 is 5.11 Å². The normalized spacial score (nSPS) is 47.5. The minimum Gasteiger partial charge on any atom is -0.393 e. The fourth-order valence-corrected chi connectivity index (χ4v) is 9.57. The average Bonchev–Trinajstić information content (AvgIpc) is 3.06. The van der Waals surface area contributed by atoms with Gasteiger partial charge in [-0.2, -0.15) is 0 Å². The predicted octanol–water partition coefficient (Wildman–Crippen LogP) is 8.02. The van der Waals surface area contributed by atoms with Crippen LogP contribution in [0.4, 0.5) is 0 Å². The van der Waals surface area contributed by atoms with Crippen molar-refractivity contribution in [1.29, 1.82) is 0 Å². The maximum atomic E-state index is 10.3. The molecule has 9 atom stereocenters. The summed E-state index contributed by atoms with van der Waals surface area (Å²) in [6.45, 7) is 14.9. The molecule has 1 heteroatoms. The Bertz CT molecular complexity index is 634. The summed E-state index contributed by atoms with van der Waals surface area (Å²) in [5.41, 5.74) is 2.77. The molecule has 1 N–H and O–H groups in total. The third-order valence-corrected chi connectivity index (χ3v) is 11.4. The number of aliphatic hydroxyl groups excluding tert-OH is 1. The van der Waals surface area contributed by atoms with Crippen molar-refractivity contribution in [2.45, 2.75) is 118 Å². The van der Waals surface area contributed by atoms with Gasteiger partial charge in [-0.15, -0.1) is 0 Å². The second-order valence-corrected chi connectivity index (χ2v) is 12.8. The Morgan fingerprint density at radius 1 is 0.933 bits per heavy atom. The van der Waals surface area contributed by atoms with E-state index in [9.17, 15) is 5.11 Å². The van der Waals surface area contributed by atoms with Crippen molar-refractivity contribution in [3.63, 3.8) is 0 Å². The maximum absolute atomic E-state index is 10.3. The molecule has 1 unspecified atom stereocenters. The van der Waals surface area contributed by atoms with E-state index in [0.717, 1.165) is 48.3 Å². The molecule has 1 nitrogen and oxygen atoms in total. The molecule has 172 valence electrons. The van der Waals surface area contributed by atoms with E-state index in [1.807, 2.05) is 0 Å². The van der Waals surface area contributed by atoms with Crippen LogP contribution in [-0.4, -0.2) is 11.2 Å². The van der Waals surface area contributed by atoms with Crippen molar-refractivity contribution in [2.75, 3.05) is 0 Å². The predicted molar refractivity (Wildman–Crippen MR) is 128 cm³/mol. The van der Waals surface area contributed by atoms with E-state index in [0.29, 0.717) is 16.7 Å². The first-order valence-electron chi connectivity index (χ1n) is 13.5. The van der Waals surface area contributed by atoms with Crippen LogP contribution in [0.1, 0.15) is 112 Å². The van der Waals surface area contributed by atoms with Crippen LogP contribution in [0.5, 0.6) is 0 Å². The number of aliphatic hydroxyl groups is 1. The molecule has 0 aromatic carbocycles. The first kappa shape index (κ1) is 22.9. The van der Waals surface area contributed by atoms with Crippen LogP contribution in [-0.2, 0) is 0 Å².